The molecule has 2 rings (SSSR count). The smallest absolute Gasteiger partial charge is 0.227 e. The highest BCUT2D eigenvalue weighted by atomic mass is 16.2. The third-order valence-electron chi connectivity index (χ3n) is 4.95. The minimum absolute atomic E-state index is 0.0259. The van der Waals surface area contributed by atoms with Gasteiger partial charge in [0.2, 0.25) is 11.8 Å². The molecule has 2 fully saturated rings. The van der Waals surface area contributed by atoms with Gasteiger partial charge in [-0.2, -0.15) is 0 Å². The second-order valence-corrected chi connectivity index (χ2v) is 6.61. The molecule has 120 valence electrons. The van der Waals surface area contributed by atoms with Gasteiger partial charge in [0, 0.05) is 32.6 Å². The maximum absolute atomic E-state index is 12.7. The zero-order chi connectivity index (χ0) is 15.2. The molecule has 0 bridgehead atoms. The van der Waals surface area contributed by atoms with Crippen molar-refractivity contribution in [3.8, 4) is 0 Å². The predicted octanol–water partition coefficient (Wildman–Crippen LogP) is 1.27. The second-order valence-electron chi connectivity index (χ2n) is 6.61. The van der Waals surface area contributed by atoms with E-state index in [2.05, 4.69) is 5.32 Å². The molecular weight excluding hydrogens is 266 g/mol. The van der Waals surface area contributed by atoms with Crippen molar-refractivity contribution in [2.45, 2.75) is 57.9 Å². The lowest BCUT2D eigenvalue weighted by molar-refractivity contribution is -0.138. The highest BCUT2D eigenvalue weighted by Crippen LogP contribution is 2.26. The molecule has 0 aromatic rings. The number of carbonyl (C=O) groups is 2. The van der Waals surface area contributed by atoms with Gasteiger partial charge in [-0.05, 0) is 31.6 Å². The summed E-state index contributed by atoms with van der Waals surface area (Å²) in [7, 11) is 0. The Kier molecular flexibility index (Phi) is 6.03. The number of nitrogens with zero attached hydrogens (tertiary/aromatic N) is 1. The van der Waals surface area contributed by atoms with Gasteiger partial charge >= 0.3 is 0 Å². The van der Waals surface area contributed by atoms with E-state index in [4.69, 9.17) is 5.73 Å². The lowest BCUT2D eigenvalue weighted by Crippen LogP contribution is -2.47. The molecule has 1 aliphatic heterocycles. The van der Waals surface area contributed by atoms with Gasteiger partial charge in [0.15, 0.2) is 0 Å². The molecule has 21 heavy (non-hydrogen) atoms. The van der Waals surface area contributed by atoms with Crippen LogP contribution in [0.1, 0.15) is 51.9 Å². The summed E-state index contributed by atoms with van der Waals surface area (Å²) in [6, 6.07) is 0.0390. The number of hydrogen-bond acceptors (Lipinski definition) is 3. The Morgan fingerprint density at radius 2 is 1.76 bits per heavy atom. The molecule has 0 aromatic carbocycles. The summed E-state index contributed by atoms with van der Waals surface area (Å²) in [5.74, 6) is 0.820. The Bertz CT molecular complexity index is 365. The van der Waals surface area contributed by atoms with Gasteiger partial charge < -0.3 is 16.0 Å². The molecular formula is C16H29N3O2. The third kappa shape index (κ3) is 4.70. The van der Waals surface area contributed by atoms with Crippen molar-refractivity contribution in [2.24, 2.45) is 17.6 Å². The fourth-order valence-corrected chi connectivity index (χ4v) is 3.52. The first-order chi connectivity index (χ1) is 10.1. The van der Waals surface area contributed by atoms with Crippen LogP contribution in [0, 0.1) is 11.8 Å². The van der Waals surface area contributed by atoms with E-state index in [9.17, 15) is 9.59 Å². The summed E-state index contributed by atoms with van der Waals surface area (Å²) in [5, 5.41) is 2.88. The van der Waals surface area contributed by atoms with Crippen LogP contribution in [0.3, 0.4) is 0 Å². The quantitative estimate of drug-likeness (QED) is 0.770. The van der Waals surface area contributed by atoms with E-state index >= 15 is 0 Å². The van der Waals surface area contributed by atoms with E-state index in [1.807, 2.05) is 4.90 Å². The summed E-state index contributed by atoms with van der Waals surface area (Å²) in [4.78, 5) is 25.6. The van der Waals surface area contributed by atoms with Crippen LogP contribution in [0.5, 0.6) is 0 Å². The van der Waals surface area contributed by atoms with E-state index in [0.717, 1.165) is 58.2 Å². The molecule has 3 N–H and O–H groups in total. The van der Waals surface area contributed by atoms with Gasteiger partial charge in [-0.25, -0.2) is 0 Å². The molecule has 1 saturated heterocycles. The third-order valence-corrected chi connectivity index (χ3v) is 4.95. The van der Waals surface area contributed by atoms with E-state index in [1.54, 1.807) is 6.92 Å². The van der Waals surface area contributed by atoms with Crippen molar-refractivity contribution in [1.29, 1.82) is 0 Å². The van der Waals surface area contributed by atoms with Gasteiger partial charge in [-0.15, -0.1) is 0 Å². The molecule has 2 amide bonds. The average molecular weight is 295 g/mol. The van der Waals surface area contributed by atoms with Gasteiger partial charge in [0.05, 0.1) is 5.92 Å². The minimum atomic E-state index is 0.0259. The fourth-order valence-electron chi connectivity index (χ4n) is 3.52. The fraction of sp³-hybridized carbons (Fsp3) is 0.875. The molecule has 2 aliphatic rings. The molecule has 5 nitrogen and oxygen atoms in total. The molecule has 2 unspecified atom stereocenters. The number of nitrogens with one attached hydrogen (secondary N) is 1. The van der Waals surface area contributed by atoms with Gasteiger partial charge in [0.1, 0.15) is 0 Å². The van der Waals surface area contributed by atoms with Crippen LogP contribution >= 0.6 is 0 Å². The van der Waals surface area contributed by atoms with E-state index in [1.165, 1.54) is 6.42 Å². The molecule has 1 saturated carbocycles. The summed E-state index contributed by atoms with van der Waals surface area (Å²) < 4.78 is 0. The highest BCUT2D eigenvalue weighted by Gasteiger charge is 2.32. The highest BCUT2D eigenvalue weighted by molar-refractivity contribution is 5.79. The number of piperidine rings is 1. The number of hydrogen-bond donors (Lipinski definition) is 2. The summed E-state index contributed by atoms with van der Waals surface area (Å²) in [6.07, 6.45) is 7.38. The molecule has 1 aliphatic carbocycles. The zero-order valence-corrected chi connectivity index (χ0v) is 13.1. The van der Waals surface area contributed by atoms with Crippen LogP contribution in [-0.4, -0.2) is 42.4 Å². The summed E-state index contributed by atoms with van der Waals surface area (Å²) >= 11 is 0. The molecule has 2 atom stereocenters. The average Bonchev–Trinajstić information content (AvgIpc) is 2.69. The molecule has 1 heterocycles. The Morgan fingerprint density at radius 1 is 1.10 bits per heavy atom. The lowest BCUT2D eigenvalue weighted by atomic mass is 9.91. The van der Waals surface area contributed by atoms with Crippen LogP contribution in [0.4, 0.5) is 0 Å². The number of nitrogens with two attached hydrogens (primary N) is 1. The van der Waals surface area contributed by atoms with Crippen molar-refractivity contribution < 1.29 is 9.59 Å². The SMILES string of the molecule is CC(=O)NCC1CCN(C(=O)C2CCCCCC2N)CC1. The first-order valence-corrected chi connectivity index (χ1v) is 8.36. The van der Waals surface area contributed by atoms with Crippen molar-refractivity contribution in [3.63, 3.8) is 0 Å². The van der Waals surface area contributed by atoms with Gasteiger partial charge in [-0.3, -0.25) is 9.59 Å². The van der Waals surface area contributed by atoms with Crippen molar-refractivity contribution in [2.75, 3.05) is 19.6 Å². The van der Waals surface area contributed by atoms with E-state index in [-0.39, 0.29) is 23.8 Å². The van der Waals surface area contributed by atoms with Crippen molar-refractivity contribution in [3.05, 3.63) is 0 Å². The van der Waals surface area contributed by atoms with Crippen LogP contribution in [0.15, 0.2) is 0 Å². The first kappa shape index (κ1) is 16.3. The van der Waals surface area contributed by atoms with Crippen LogP contribution in [-0.2, 0) is 9.59 Å². The number of amides is 2. The number of rotatable bonds is 3. The molecule has 0 spiro atoms. The molecule has 5 heteroatoms. The Morgan fingerprint density at radius 3 is 2.43 bits per heavy atom. The van der Waals surface area contributed by atoms with Crippen LogP contribution < -0.4 is 11.1 Å². The minimum Gasteiger partial charge on any atom is -0.356 e. The van der Waals surface area contributed by atoms with E-state index in [0.29, 0.717) is 5.92 Å². The Labute approximate surface area is 127 Å². The van der Waals surface area contributed by atoms with Gasteiger partial charge in [0.25, 0.3) is 0 Å². The maximum Gasteiger partial charge on any atom is 0.227 e. The predicted molar refractivity (Wildman–Crippen MR) is 82.5 cm³/mol. The largest absolute Gasteiger partial charge is 0.356 e. The Balaban J connectivity index is 1.80. The second kappa shape index (κ2) is 7.78. The Hall–Kier alpha value is -1.10. The van der Waals surface area contributed by atoms with Gasteiger partial charge in [-0.1, -0.05) is 19.3 Å². The van der Waals surface area contributed by atoms with Crippen molar-refractivity contribution in [1.82, 2.24) is 10.2 Å². The summed E-state index contributed by atoms with van der Waals surface area (Å²) in [6.45, 7) is 3.91. The van der Waals surface area contributed by atoms with Crippen LogP contribution in [0.2, 0.25) is 0 Å². The molecule has 0 radical (unpaired) electrons. The topological polar surface area (TPSA) is 75.4 Å². The zero-order valence-electron chi connectivity index (χ0n) is 13.1. The normalized spacial score (nSPS) is 28.0. The van der Waals surface area contributed by atoms with Crippen molar-refractivity contribution >= 4 is 11.8 Å². The van der Waals surface area contributed by atoms with E-state index < -0.39 is 0 Å². The number of carbonyl (C=O) groups excluding carboxylic acids is 2. The monoisotopic (exact) mass is 295 g/mol. The number of likely N-dealkylation sites (tertiary alicyclic amines) is 1. The van der Waals surface area contributed by atoms with Crippen LogP contribution in [0.25, 0.3) is 0 Å². The standard InChI is InChI=1S/C16H29N3O2/c1-12(20)18-11-13-7-9-19(10-8-13)16(21)14-5-3-2-4-6-15(14)17/h13-15H,2-11,17H2,1H3,(H,18,20). The lowest BCUT2D eigenvalue weighted by Gasteiger charge is -2.35. The summed E-state index contributed by atoms with van der Waals surface area (Å²) in [5.41, 5.74) is 6.20. The maximum atomic E-state index is 12.7. The first-order valence-electron chi connectivity index (χ1n) is 8.36. The molecule has 0 aromatic heterocycles.